The number of hydrogen-bond donors (Lipinski definition) is 3. The summed E-state index contributed by atoms with van der Waals surface area (Å²) in [6.07, 6.45) is -4.88. The Bertz CT molecular complexity index is 1280. The van der Waals surface area contributed by atoms with E-state index in [1.54, 1.807) is 43.3 Å². The zero-order valence-electron chi connectivity index (χ0n) is 20.3. The number of ether oxygens (including phenoxy) is 1. The molecular weight excluding hydrogens is 489 g/mol. The van der Waals surface area contributed by atoms with Gasteiger partial charge in [0.05, 0.1) is 19.1 Å². The van der Waals surface area contributed by atoms with E-state index in [9.17, 15) is 33.0 Å². The fourth-order valence-electron chi connectivity index (χ4n) is 3.89. The molecule has 0 atom stereocenters. The largest absolute Gasteiger partial charge is 0.508 e. The van der Waals surface area contributed by atoms with Gasteiger partial charge in [0.25, 0.3) is 0 Å². The monoisotopic (exact) mass is 516 g/mol. The zero-order chi connectivity index (χ0) is 27.2. The molecule has 3 aromatic carbocycles. The Morgan fingerprint density at radius 2 is 1.73 bits per heavy atom. The Labute approximate surface area is 212 Å². The molecule has 0 aliphatic rings. The van der Waals surface area contributed by atoms with Crippen molar-refractivity contribution in [2.24, 2.45) is 0 Å². The van der Waals surface area contributed by atoms with Crippen molar-refractivity contribution >= 4 is 12.0 Å². The molecule has 0 heterocycles. The highest BCUT2D eigenvalue weighted by atomic mass is 19.4. The molecule has 0 unspecified atom stereocenters. The van der Waals surface area contributed by atoms with Crippen molar-refractivity contribution in [3.05, 3.63) is 82.9 Å². The number of carboxylic acids is 1. The van der Waals surface area contributed by atoms with E-state index in [1.807, 2.05) is 0 Å². The number of nitrogens with one attached hydrogen (secondary N) is 1. The number of benzene rings is 3. The van der Waals surface area contributed by atoms with Gasteiger partial charge in [-0.3, -0.25) is 4.79 Å². The van der Waals surface area contributed by atoms with E-state index in [-0.39, 0.29) is 37.4 Å². The lowest BCUT2D eigenvalue weighted by Gasteiger charge is -2.24. The molecule has 37 heavy (non-hydrogen) atoms. The molecule has 0 saturated carbocycles. The Morgan fingerprint density at radius 1 is 1.00 bits per heavy atom. The molecule has 0 saturated heterocycles. The standard InChI is InChI=1S/C27H27F3N2O5/c1-3-32(26(36)31-15-18-6-4-5-7-23(18)33)16-19-14-20(27(28,29)30)9-10-21(19)22-12-17(13-25(34)35)8-11-24(22)37-2/h4-12,14,33H,3,13,15-16H2,1-2H3,(H,31,36)(H,34,35). The van der Waals surface area contributed by atoms with E-state index in [0.29, 0.717) is 28.0 Å². The first-order valence-electron chi connectivity index (χ1n) is 11.4. The number of carbonyl (C=O) groups is 2. The maximum atomic E-state index is 13.6. The van der Waals surface area contributed by atoms with Crippen LogP contribution in [0.25, 0.3) is 11.1 Å². The molecule has 0 radical (unpaired) electrons. The molecule has 0 bridgehead atoms. The highest BCUT2D eigenvalue weighted by Crippen LogP contribution is 2.38. The number of aliphatic carboxylic acids is 1. The quantitative estimate of drug-likeness (QED) is 0.352. The van der Waals surface area contributed by atoms with E-state index in [1.165, 1.54) is 24.1 Å². The lowest BCUT2D eigenvalue weighted by atomic mass is 9.94. The van der Waals surface area contributed by atoms with Crippen LogP contribution < -0.4 is 10.1 Å². The summed E-state index contributed by atoms with van der Waals surface area (Å²) in [6.45, 7) is 1.76. The van der Waals surface area contributed by atoms with E-state index < -0.39 is 23.7 Å². The number of nitrogens with zero attached hydrogens (tertiary/aromatic N) is 1. The van der Waals surface area contributed by atoms with Crippen LogP contribution >= 0.6 is 0 Å². The minimum absolute atomic E-state index is 0.0133. The molecule has 0 spiro atoms. The molecule has 0 aliphatic heterocycles. The summed E-state index contributed by atoms with van der Waals surface area (Å²) in [7, 11) is 1.41. The minimum atomic E-state index is -4.60. The predicted octanol–water partition coefficient (Wildman–Crippen LogP) is 5.45. The number of carbonyl (C=O) groups excluding carboxylic acids is 1. The maximum Gasteiger partial charge on any atom is 0.416 e. The number of aromatic hydroxyl groups is 1. The van der Waals surface area contributed by atoms with Gasteiger partial charge in [0, 0.05) is 30.8 Å². The number of phenolic OH excluding ortho intramolecular Hbond substituents is 1. The predicted molar refractivity (Wildman–Crippen MR) is 131 cm³/mol. The Balaban J connectivity index is 1.99. The van der Waals surface area contributed by atoms with Gasteiger partial charge in [-0.25, -0.2) is 4.79 Å². The Hall–Kier alpha value is -4.21. The number of hydrogen-bond acceptors (Lipinski definition) is 4. The van der Waals surface area contributed by atoms with E-state index in [0.717, 1.165) is 12.1 Å². The molecule has 3 rings (SSSR count). The van der Waals surface area contributed by atoms with E-state index in [2.05, 4.69) is 5.32 Å². The third-order valence-corrected chi connectivity index (χ3v) is 5.79. The number of amides is 2. The summed E-state index contributed by atoms with van der Waals surface area (Å²) in [5.74, 6) is -0.691. The van der Waals surface area contributed by atoms with Crippen LogP contribution in [0.2, 0.25) is 0 Å². The first-order chi connectivity index (χ1) is 17.5. The summed E-state index contributed by atoms with van der Waals surface area (Å²) >= 11 is 0. The smallest absolute Gasteiger partial charge is 0.416 e. The second-order valence-corrected chi connectivity index (χ2v) is 8.28. The van der Waals surface area contributed by atoms with Crippen LogP contribution in [0, 0.1) is 0 Å². The van der Waals surface area contributed by atoms with Crippen molar-refractivity contribution in [2.45, 2.75) is 32.6 Å². The van der Waals surface area contributed by atoms with E-state index >= 15 is 0 Å². The second-order valence-electron chi connectivity index (χ2n) is 8.28. The number of halogens is 3. The van der Waals surface area contributed by atoms with E-state index in [4.69, 9.17) is 4.74 Å². The normalized spacial score (nSPS) is 11.2. The Kier molecular flexibility index (Phi) is 8.65. The number of phenols is 1. The molecular formula is C27H27F3N2O5. The van der Waals surface area contributed by atoms with Crippen LogP contribution in [0.15, 0.2) is 60.7 Å². The fourth-order valence-corrected chi connectivity index (χ4v) is 3.89. The number of methoxy groups -OCH3 is 1. The molecule has 196 valence electrons. The SMILES string of the molecule is CCN(Cc1cc(C(F)(F)F)ccc1-c1cc(CC(=O)O)ccc1OC)C(=O)NCc1ccccc1O. The van der Waals surface area contributed by atoms with Gasteiger partial charge in [-0.2, -0.15) is 13.2 Å². The first kappa shape index (κ1) is 27.4. The van der Waals surface area contributed by atoms with Gasteiger partial charge in [0.1, 0.15) is 11.5 Å². The number of para-hydroxylation sites is 1. The van der Waals surface area contributed by atoms with Gasteiger partial charge < -0.3 is 25.2 Å². The zero-order valence-corrected chi connectivity index (χ0v) is 20.3. The van der Waals surface area contributed by atoms with Crippen LogP contribution in [0.5, 0.6) is 11.5 Å². The maximum absolute atomic E-state index is 13.6. The van der Waals surface area contributed by atoms with Crippen molar-refractivity contribution < 1.29 is 37.7 Å². The van der Waals surface area contributed by atoms with Crippen LogP contribution in [-0.4, -0.2) is 40.8 Å². The molecule has 0 aromatic heterocycles. The third-order valence-electron chi connectivity index (χ3n) is 5.79. The summed E-state index contributed by atoms with van der Waals surface area (Å²) in [5.41, 5.74) is 1.06. The highest BCUT2D eigenvalue weighted by molar-refractivity contribution is 5.78. The minimum Gasteiger partial charge on any atom is -0.508 e. The third kappa shape index (κ3) is 6.93. The average molecular weight is 517 g/mol. The summed E-state index contributed by atoms with van der Waals surface area (Å²) in [4.78, 5) is 25.5. The van der Waals surface area contributed by atoms with Gasteiger partial charge in [0.15, 0.2) is 0 Å². The number of urea groups is 1. The topological polar surface area (TPSA) is 99.1 Å². The molecule has 3 N–H and O–H groups in total. The summed E-state index contributed by atoms with van der Waals surface area (Å²) < 4.78 is 46.1. The molecule has 7 nitrogen and oxygen atoms in total. The second kappa shape index (κ2) is 11.7. The lowest BCUT2D eigenvalue weighted by molar-refractivity contribution is -0.138. The van der Waals surface area contributed by atoms with Crippen molar-refractivity contribution in [3.8, 4) is 22.6 Å². The van der Waals surface area contributed by atoms with Gasteiger partial charge in [-0.15, -0.1) is 0 Å². The number of alkyl halides is 3. The average Bonchev–Trinajstić information content (AvgIpc) is 2.85. The van der Waals surface area contributed by atoms with Crippen molar-refractivity contribution in [1.82, 2.24) is 10.2 Å². The molecule has 2 amide bonds. The summed E-state index contributed by atoms with van der Waals surface area (Å²) in [6, 6.07) is 13.9. The number of carboxylic acid groups (broad SMARTS) is 1. The molecule has 0 fully saturated rings. The van der Waals surface area contributed by atoms with Gasteiger partial charge in [-0.1, -0.05) is 30.3 Å². The first-order valence-corrected chi connectivity index (χ1v) is 11.4. The Morgan fingerprint density at radius 3 is 2.35 bits per heavy atom. The fraction of sp³-hybridized carbons (Fsp3) is 0.259. The molecule has 10 heteroatoms. The van der Waals surface area contributed by atoms with Gasteiger partial charge >= 0.3 is 18.2 Å². The van der Waals surface area contributed by atoms with Gasteiger partial charge in [-0.05, 0) is 53.9 Å². The molecule has 3 aromatic rings. The molecule has 0 aliphatic carbocycles. The van der Waals surface area contributed by atoms with Crippen molar-refractivity contribution in [2.75, 3.05) is 13.7 Å². The van der Waals surface area contributed by atoms with Crippen LogP contribution in [0.1, 0.15) is 29.2 Å². The van der Waals surface area contributed by atoms with Crippen LogP contribution in [0.3, 0.4) is 0 Å². The lowest BCUT2D eigenvalue weighted by Crippen LogP contribution is -2.39. The van der Waals surface area contributed by atoms with Crippen molar-refractivity contribution in [3.63, 3.8) is 0 Å². The summed E-state index contributed by atoms with van der Waals surface area (Å²) in [5, 5.41) is 21.8. The van der Waals surface area contributed by atoms with Crippen molar-refractivity contribution in [1.29, 1.82) is 0 Å². The van der Waals surface area contributed by atoms with Gasteiger partial charge in [0.2, 0.25) is 0 Å². The highest BCUT2D eigenvalue weighted by Gasteiger charge is 2.31. The van der Waals surface area contributed by atoms with Crippen LogP contribution in [0.4, 0.5) is 18.0 Å². The number of rotatable bonds is 9. The van der Waals surface area contributed by atoms with Crippen LogP contribution in [-0.2, 0) is 30.5 Å².